The summed E-state index contributed by atoms with van der Waals surface area (Å²) in [5.41, 5.74) is 1.02. The normalized spacial score (nSPS) is 10.3. The largest absolute Gasteiger partial charge is 0.333 e. The van der Waals surface area contributed by atoms with Gasteiger partial charge in [-0.1, -0.05) is 11.6 Å². The topological polar surface area (TPSA) is 28.7 Å². The van der Waals surface area contributed by atoms with Crippen LogP contribution in [0.25, 0.3) is 11.4 Å². The Bertz CT molecular complexity index is 408. The molecular weight excluding hydrogens is 251 g/mol. The van der Waals surface area contributed by atoms with E-state index in [1.165, 1.54) is 0 Å². The molecule has 1 aromatic heterocycles. The highest BCUT2D eigenvalue weighted by atomic mass is 79.9. The van der Waals surface area contributed by atoms with Crippen LogP contribution in [0.5, 0.6) is 0 Å². The third-order valence-corrected chi connectivity index (χ3v) is 2.32. The zero-order valence-electron chi connectivity index (χ0n) is 6.59. The van der Waals surface area contributed by atoms with Crippen LogP contribution in [-0.2, 0) is 0 Å². The average molecular weight is 258 g/mol. The van der Waals surface area contributed by atoms with Crippen molar-refractivity contribution in [2.45, 2.75) is 0 Å². The van der Waals surface area contributed by atoms with Crippen LogP contribution in [0.1, 0.15) is 0 Å². The van der Waals surface area contributed by atoms with Gasteiger partial charge in [-0.3, -0.25) is 0 Å². The molecule has 4 heteroatoms. The van der Waals surface area contributed by atoms with Crippen molar-refractivity contribution in [1.29, 1.82) is 0 Å². The number of hydrogen-bond acceptors (Lipinski definition) is 1. The lowest BCUT2D eigenvalue weighted by Crippen LogP contribution is -1.78. The first-order valence-corrected chi connectivity index (χ1v) is 4.89. The van der Waals surface area contributed by atoms with Gasteiger partial charge < -0.3 is 4.98 Å². The first kappa shape index (κ1) is 8.78. The molecular formula is C9H6BrClN2. The van der Waals surface area contributed by atoms with Gasteiger partial charge in [0.2, 0.25) is 0 Å². The number of imidazole rings is 1. The molecule has 0 atom stereocenters. The molecule has 0 bridgehead atoms. The minimum absolute atomic E-state index is 0.731. The predicted molar refractivity (Wildman–Crippen MR) is 56.7 cm³/mol. The van der Waals surface area contributed by atoms with Crippen LogP contribution in [0.4, 0.5) is 0 Å². The number of benzene rings is 1. The van der Waals surface area contributed by atoms with Crippen molar-refractivity contribution in [1.82, 2.24) is 9.97 Å². The van der Waals surface area contributed by atoms with Crippen molar-refractivity contribution < 1.29 is 0 Å². The van der Waals surface area contributed by atoms with Gasteiger partial charge in [0.1, 0.15) is 10.4 Å². The number of aromatic nitrogens is 2. The van der Waals surface area contributed by atoms with Gasteiger partial charge in [-0.25, -0.2) is 4.98 Å². The maximum Gasteiger partial charge on any atom is 0.138 e. The predicted octanol–water partition coefficient (Wildman–Crippen LogP) is 3.49. The van der Waals surface area contributed by atoms with Crippen molar-refractivity contribution >= 4 is 27.5 Å². The lowest BCUT2D eigenvalue weighted by molar-refractivity contribution is 1.30. The van der Waals surface area contributed by atoms with E-state index in [9.17, 15) is 0 Å². The zero-order valence-corrected chi connectivity index (χ0v) is 8.93. The standard InChI is InChI=1S/C9H6BrClN2/c10-8-5-12-9(13-8)6-1-3-7(11)4-2-6/h1-5H,(H,12,13). The summed E-state index contributed by atoms with van der Waals surface area (Å²) in [6.45, 7) is 0. The lowest BCUT2D eigenvalue weighted by Gasteiger charge is -1.95. The molecule has 0 aliphatic rings. The first-order chi connectivity index (χ1) is 6.25. The first-order valence-electron chi connectivity index (χ1n) is 3.72. The minimum Gasteiger partial charge on any atom is -0.333 e. The Morgan fingerprint density at radius 2 is 1.92 bits per heavy atom. The van der Waals surface area contributed by atoms with Crippen LogP contribution in [0, 0.1) is 0 Å². The number of nitrogens with zero attached hydrogens (tertiary/aromatic N) is 1. The second-order valence-electron chi connectivity index (χ2n) is 2.59. The molecule has 0 radical (unpaired) electrons. The van der Waals surface area contributed by atoms with E-state index < -0.39 is 0 Å². The molecule has 0 unspecified atom stereocenters. The second-order valence-corrected chi connectivity index (χ2v) is 3.88. The Morgan fingerprint density at radius 1 is 1.23 bits per heavy atom. The number of aromatic amines is 1. The Labute approximate surface area is 89.1 Å². The molecule has 2 aromatic rings. The number of rotatable bonds is 1. The molecule has 66 valence electrons. The van der Waals surface area contributed by atoms with Gasteiger partial charge in [-0.05, 0) is 40.2 Å². The maximum absolute atomic E-state index is 5.76. The fraction of sp³-hybridized carbons (Fsp3) is 0. The zero-order chi connectivity index (χ0) is 9.26. The Kier molecular flexibility index (Phi) is 2.38. The average Bonchev–Trinajstić information content (AvgIpc) is 2.53. The molecule has 2 rings (SSSR count). The molecule has 0 aliphatic carbocycles. The molecule has 0 fully saturated rings. The van der Waals surface area contributed by atoms with E-state index >= 15 is 0 Å². The monoisotopic (exact) mass is 256 g/mol. The van der Waals surface area contributed by atoms with Crippen LogP contribution in [0.2, 0.25) is 5.02 Å². The van der Waals surface area contributed by atoms with Gasteiger partial charge in [0.25, 0.3) is 0 Å². The Hall–Kier alpha value is -0.800. The van der Waals surface area contributed by atoms with E-state index in [-0.39, 0.29) is 0 Å². The van der Waals surface area contributed by atoms with E-state index in [4.69, 9.17) is 11.6 Å². The lowest BCUT2D eigenvalue weighted by atomic mass is 10.2. The quantitative estimate of drug-likeness (QED) is 0.832. The van der Waals surface area contributed by atoms with Crippen LogP contribution in [0.3, 0.4) is 0 Å². The summed E-state index contributed by atoms with van der Waals surface area (Å²) < 4.78 is 0.873. The van der Waals surface area contributed by atoms with Crippen LogP contribution in [-0.4, -0.2) is 9.97 Å². The van der Waals surface area contributed by atoms with Gasteiger partial charge in [0.15, 0.2) is 0 Å². The smallest absolute Gasteiger partial charge is 0.138 e. The SMILES string of the molecule is Clc1ccc(-c2ncc(Br)[nH]2)cc1. The number of halogens is 2. The summed E-state index contributed by atoms with van der Waals surface area (Å²) in [7, 11) is 0. The highest BCUT2D eigenvalue weighted by molar-refractivity contribution is 9.10. The maximum atomic E-state index is 5.76. The summed E-state index contributed by atoms with van der Waals surface area (Å²) >= 11 is 9.06. The van der Waals surface area contributed by atoms with Gasteiger partial charge in [-0.2, -0.15) is 0 Å². The molecule has 0 aliphatic heterocycles. The van der Waals surface area contributed by atoms with E-state index in [2.05, 4.69) is 25.9 Å². The molecule has 0 saturated heterocycles. The number of H-pyrrole nitrogens is 1. The van der Waals surface area contributed by atoms with Gasteiger partial charge in [0.05, 0.1) is 6.20 Å². The molecule has 0 spiro atoms. The van der Waals surface area contributed by atoms with Gasteiger partial charge in [0, 0.05) is 10.6 Å². The van der Waals surface area contributed by atoms with Crippen molar-refractivity contribution in [2.24, 2.45) is 0 Å². The van der Waals surface area contributed by atoms with Crippen molar-refractivity contribution in [2.75, 3.05) is 0 Å². The summed E-state index contributed by atoms with van der Waals surface area (Å²) in [5, 5.41) is 0.731. The second kappa shape index (κ2) is 3.52. The molecule has 1 aromatic carbocycles. The van der Waals surface area contributed by atoms with Gasteiger partial charge in [-0.15, -0.1) is 0 Å². The molecule has 1 heterocycles. The van der Waals surface area contributed by atoms with Gasteiger partial charge >= 0.3 is 0 Å². The van der Waals surface area contributed by atoms with E-state index in [1.807, 2.05) is 24.3 Å². The van der Waals surface area contributed by atoms with E-state index in [0.29, 0.717) is 0 Å². The fourth-order valence-corrected chi connectivity index (χ4v) is 1.47. The van der Waals surface area contributed by atoms with Crippen molar-refractivity contribution in [3.8, 4) is 11.4 Å². The number of hydrogen-bond donors (Lipinski definition) is 1. The van der Waals surface area contributed by atoms with Crippen LogP contribution < -0.4 is 0 Å². The highest BCUT2D eigenvalue weighted by Crippen LogP contribution is 2.19. The molecule has 2 nitrogen and oxygen atoms in total. The summed E-state index contributed by atoms with van der Waals surface area (Å²) in [6.07, 6.45) is 1.73. The van der Waals surface area contributed by atoms with Crippen LogP contribution >= 0.6 is 27.5 Å². The summed E-state index contributed by atoms with van der Waals surface area (Å²) in [5.74, 6) is 0.837. The fourth-order valence-electron chi connectivity index (χ4n) is 1.05. The third-order valence-electron chi connectivity index (χ3n) is 1.66. The Balaban J connectivity index is 2.41. The van der Waals surface area contributed by atoms with Crippen molar-refractivity contribution in [3.63, 3.8) is 0 Å². The molecule has 0 amide bonds. The molecule has 13 heavy (non-hydrogen) atoms. The summed E-state index contributed by atoms with van der Waals surface area (Å²) in [4.78, 5) is 7.24. The third kappa shape index (κ3) is 1.92. The summed E-state index contributed by atoms with van der Waals surface area (Å²) in [6, 6.07) is 7.53. The minimum atomic E-state index is 0.731. The molecule has 0 saturated carbocycles. The molecule has 1 N–H and O–H groups in total. The Morgan fingerprint density at radius 3 is 2.46 bits per heavy atom. The van der Waals surface area contributed by atoms with E-state index in [0.717, 1.165) is 21.0 Å². The van der Waals surface area contributed by atoms with Crippen LogP contribution in [0.15, 0.2) is 35.1 Å². The number of nitrogens with one attached hydrogen (secondary N) is 1. The highest BCUT2D eigenvalue weighted by Gasteiger charge is 2.00. The van der Waals surface area contributed by atoms with Crippen molar-refractivity contribution in [3.05, 3.63) is 40.1 Å². The van der Waals surface area contributed by atoms with E-state index in [1.54, 1.807) is 6.20 Å².